The summed E-state index contributed by atoms with van der Waals surface area (Å²) in [6.07, 6.45) is 1.14. The molecule has 1 aliphatic carbocycles. The minimum absolute atomic E-state index is 0.231. The molecule has 0 aromatic heterocycles. The predicted octanol–water partition coefficient (Wildman–Crippen LogP) is 1.77. The molecule has 1 nitrogen and oxygen atoms in total. The molecular formula is C6H8ClN. The summed E-state index contributed by atoms with van der Waals surface area (Å²) in [7, 11) is 0. The van der Waals surface area contributed by atoms with E-state index in [1.165, 1.54) is 0 Å². The molecule has 1 rings (SSSR count). The zero-order chi connectivity index (χ0) is 6.15. The first-order valence-electron chi connectivity index (χ1n) is 2.79. The molecular weight excluding hydrogens is 122 g/mol. The second-order valence-electron chi connectivity index (χ2n) is 2.41. The Hall–Kier alpha value is -0.220. The molecule has 3 atom stereocenters. The largest absolute Gasteiger partial charge is 0.197 e. The van der Waals surface area contributed by atoms with Gasteiger partial charge in [0.05, 0.1) is 6.07 Å². The van der Waals surface area contributed by atoms with E-state index in [-0.39, 0.29) is 5.38 Å². The lowest BCUT2D eigenvalue weighted by Gasteiger charge is -1.91. The van der Waals surface area contributed by atoms with Crippen molar-refractivity contribution in [2.24, 2.45) is 11.8 Å². The van der Waals surface area contributed by atoms with Crippen LogP contribution in [0.4, 0.5) is 0 Å². The van der Waals surface area contributed by atoms with E-state index >= 15 is 0 Å². The van der Waals surface area contributed by atoms with Crippen LogP contribution in [0.25, 0.3) is 0 Å². The summed E-state index contributed by atoms with van der Waals surface area (Å²) in [5, 5.41) is 8.05. The van der Waals surface area contributed by atoms with Gasteiger partial charge in [0.15, 0.2) is 0 Å². The maximum atomic E-state index is 8.28. The number of nitrogens with zero attached hydrogens (tertiary/aromatic N) is 1. The molecule has 0 amide bonds. The van der Waals surface area contributed by atoms with Crippen LogP contribution >= 0.6 is 11.6 Å². The van der Waals surface area contributed by atoms with Crippen molar-refractivity contribution < 1.29 is 0 Å². The Morgan fingerprint density at radius 2 is 2.38 bits per heavy atom. The van der Waals surface area contributed by atoms with Crippen LogP contribution in [0, 0.1) is 23.2 Å². The van der Waals surface area contributed by atoms with Gasteiger partial charge in [-0.25, -0.2) is 0 Å². The van der Waals surface area contributed by atoms with Gasteiger partial charge in [0.2, 0.25) is 0 Å². The van der Waals surface area contributed by atoms with Crippen molar-refractivity contribution >= 4 is 11.6 Å². The third-order valence-corrected chi connectivity index (χ3v) is 2.09. The smallest absolute Gasteiger partial charge is 0.123 e. The van der Waals surface area contributed by atoms with Crippen molar-refractivity contribution in [1.82, 2.24) is 0 Å². The van der Waals surface area contributed by atoms with Crippen molar-refractivity contribution in [3.05, 3.63) is 0 Å². The van der Waals surface area contributed by atoms with Gasteiger partial charge < -0.3 is 0 Å². The van der Waals surface area contributed by atoms with E-state index in [0.717, 1.165) is 6.42 Å². The number of rotatable bonds is 1. The van der Waals surface area contributed by atoms with Crippen LogP contribution < -0.4 is 0 Å². The molecule has 2 heteroatoms. The van der Waals surface area contributed by atoms with Gasteiger partial charge in [0, 0.05) is 0 Å². The second kappa shape index (κ2) is 1.95. The number of hydrogen-bond acceptors (Lipinski definition) is 1. The van der Waals surface area contributed by atoms with Crippen molar-refractivity contribution in [1.29, 1.82) is 5.26 Å². The summed E-state index contributed by atoms with van der Waals surface area (Å²) in [6.45, 7) is 2.12. The van der Waals surface area contributed by atoms with E-state index in [9.17, 15) is 0 Å². The SMILES string of the molecule is C[C@@H]1C[C@H]1C(Cl)C#N. The average molecular weight is 130 g/mol. The van der Waals surface area contributed by atoms with Crippen LogP contribution in [-0.2, 0) is 0 Å². The Morgan fingerprint density at radius 3 is 2.50 bits per heavy atom. The fraction of sp³-hybridized carbons (Fsp3) is 0.833. The monoisotopic (exact) mass is 129 g/mol. The van der Waals surface area contributed by atoms with Gasteiger partial charge in [0.25, 0.3) is 0 Å². The van der Waals surface area contributed by atoms with E-state index in [0.29, 0.717) is 11.8 Å². The first kappa shape index (κ1) is 5.91. The highest BCUT2D eigenvalue weighted by Crippen LogP contribution is 2.42. The van der Waals surface area contributed by atoms with Crippen LogP contribution in [0.3, 0.4) is 0 Å². The molecule has 0 N–H and O–H groups in total. The number of nitriles is 1. The van der Waals surface area contributed by atoms with E-state index < -0.39 is 0 Å². The average Bonchev–Trinajstić information content (AvgIpc) is 2.45. The van der Waals surface area contributed by atoms with Crippen molar-refractivity contribution in [2.75, 3.05) is 0 Å². The molecule has 1 saturated carbocycles. The minimum Gasteiger partial charge on any atom is -0.197 e. The summed E-state index contributed by atoms with van der Waals surface area (Å²) in [5.41, 5.74) is 0. The quantitative estimate of drug-likeness (QED) is 0.495. The zero-order valence-corrected chi connectivity index (χ0v) is 5.52. The maximum absolute atomic E-state index is 8.28. The summed E-state index contributed by atoms with van der Waals surface area (Å²) in [4.78, 5) is 0. The first-order valence-corrected chi connectivity index (χ1v) is 3.23. The highest BCUT2D eigenvalue weighted by atomic mass is 35.5. The number of halogens is 1. The lowest BCUT2D eigenvalue weighted by atomic mass is 10.3. The fourth-order valence-electron chi connectivity index (χ4n) is 0.854. The highest BCUT2D eigenvalue weighted by molar-refractivity contribution is 6.22. The molecule has 0 spiro atoms. The zero-order valence-electron chi connectivity index (χ0n) is 4.76. The van der Waals surface area contributed by atoms with E-state index in [2.05, 4.69) is 6.92 Å². The highest BCUT2D eigenvalue weighted by Gasteiger charge is 2.38. The Morgan fingerprint density at radius 1 is 1.88 bits per heavy atom. The van der Waals surface area contributed by atoms with Gasteiger partial charge in [-0.3, -0.25) is 0 Å². The minimum atomic E-state index is -0.231. The lowest BCUT2D eigenvalue weighted by Crippen LogP contribution is -1.96. The Kier molecular flexibility index (Phi) is 1.44. The van der Waals surface area contributed by atoms with Crippen molar-refractivity contribution in [2.45, 2.75) is 18.7 Å². The molecule has 1 unspecified atom stereocenters. The van der Waals surface area contributed by atoms with Crippen LogP contribution in [-0.4, -0.2) is 5.38 Å². The van der Waals surface area contributed by atoms with E-state index in [4.69, 9.17) is 16.9 Å². The predicted molar refractivity (Wildman–Crippen MR) is 32.5 cm³/mol. The maximum Gasteiger partial charge on any atom is 0.123 e. The van der Waals surface area contributed by atoms with Crippen molar-refractivity contribution in [3.63, 3.8) is 0 Å². The molecule has 8 heavy (non-hydrogen) atoms. The Labute approximate surface area is 54.3 Å². The summed E-state index contributed by atoms with van der Waals surface area (Å²) >= 11 is 5.60. The van der Waals surface area contributed by atoms with Gasteiger partial charge in [-0.15, -0.1) is 11.6 Å². The normalized spacial score (nSPS) is 38.1. The Balaban J connectivity index is 2.31. The molecule has 0 bridgehead atoms. The number of alkyl halides is 1. The molecule has 1 fully saturated rings. The third-order valence-electron chi connectivity index (χ3n) is 1.67. The molecule has 0 aromatic carbocycles. The Bertz CT molecular complexity index is 127. The van der Waals surface area contributed by atoms with Crippen molar-refractivity contribution in [3.8, 4) is 6.07 Å². The topological polar surface area (TPSA) is 23.8 Å². The van der Waals surface area contributed by atoms with Gasteiger partial charge in [0.1, 0.15) is 5.38 Å². The van der Waals surface area contributed by atoms with E-state index in [1.54, 1.807) is 0 Å². The summed E-state index contributed by atoms with van der Waals surface area (Å²) < 4.78 is 0. The molecule has 0 radical (unpaired) electrons. The molecule has 44 valence electrons. The van der Waals surface area contributed by atoms with Gasteiger partial charge in [-0.2, -0.15) is 5.26 Å². The molecule has 0 aromatic rings. The van der Waals surface area contributed by atoms with Crippen LogP contribution in [0.1, 0.15) is 13.3 Å². The van der Waals surface area contributed by atoms with Crippen LogP contribution in [0.5, 0.6) is 0 Å². The van der Waals surface area contributed by atoms with Gasteiger partial charge in [-0.1, -0.05) is 6.92 Å². The lowest BCUT2D eigenvalue weighted by molar-refractivity contribution is 0.779. The van der Waals surface area contributed by atoms with E-state index in [1.807, 2.05) is 6.07 Å². The van der Waals surface area contributed by atoms with Crippen LogP contribution in [0.15, 0.2) is 0 Å². The fourth-order valence-corrected chi connectivity index (χ4v) is 1.21. The second-order valence-corrected chi connectivity index (χ2v) is 2.88. The number of hydrogen-bond donors (Lipinski definition) is 0. The molecule has 0 saturated heterocycles. The molecule has 0 heterocycles. The van der Waals surface area contributed by atoms with Gasteiger partial charge in [-0.05, 0) is 18.3 Å². The van der Waals surface area contributed by atoms with Crippen LogP contribution in [0.2, 0.25) is 0 Å². The standard InChI is InChI=1S/C6H8ClN/c1-4-2-5(4)6(7)3-8/h4-6H,2H2,1H3/t4-,5-,6?/m1/s1. The third kappa shape index (κ3) is 0.952. The molecule has 1 aliphatic rings. The van der Waals surface area contributed by atoms with Gasteiger partial charge >= 0.3 is 0 Å². The summed E-state index contributed by atoms with van der Waals surface area (Å²) in [6, 6.07) is 2.02. The first-order chi connectivity index (χ1) is 3.75. The summed E-state index contributed by atoms with van der Waals surface area (Å²) in [5.74, 6) is 1.18. The molecule has 0 aliphatic heterocycles.